The minimum Gasteiger partial charge on any atom is -0.453 e. The van der Waals surface area contributed by atoms with E-state index in [1.54, 1.807) is 11.1 Å². The number of benzene rings is 4. The molecule has 8 nitrogen and oxygen atoms in total. The van der Waals surface area contributed by atoms with Crippen LogP contribution in [0.15, 0.2) is 87.9 Å². The number of amides is 2. The molecule has 1 aliphatic heterocycles. The number of rotatable bonds is 4. The fourth-order valence-corrected chi connectivity index (χ4v) is 6.67. The molecule has 1 saturated heterocycles. The van der Waals surface area contributed by atoms with E-state index < -0.39 is 29.5 Å². The number of nitrogens with one attached hydrogen (secondary N) is 2. The van der Waals surface area contributed by atoms with E-state index in [2.05, 4.69) is 78.6 Å². The van der Waals surface area contributed by atoms with Crippen molar-refractivity contribution in [3.63, 3.8) is 0 Å². The number of likely N-dealkylation sites (tertiary alicyclic amines) is 1. The van der Waals surface area contributed by atoms with Gasteiger partial charge in [0.1, 0.15) is 5.60 Å². The molecule has 10 heteroatoms. The van der Waals surface area contributed by atoms with Crippen molar-refractivity contribution in [2.75, 3.05) is 7.11 Å². The van der Waals surface area contributed by atoms with E-state index in [1.165, 1.54) is 7.11 Å². The van der Waals surface area contributed by atoms with Gasteiger partial charge in [-0.3, -0.25) is 10.2 Å². The summed E-state index contributed by atoms with van der Waals surface area (Å²) in [5.74, 6) is 0.409. The summed E-state index contributed by atoms with van der Waals surface area (Å²) in [5, 5.41) is 7.26. The lowest BCUT2D eigenvalue weighted by Gasteiger charge is -2.40. The van der Waals surface area contributed by atoms with Crippen LogP contribution in [0.4, 0.5) is 9.59 Å². The van der Waals surface area contributed by atoms with Gasteiger partial charge in [-0.2, -0.15) is 0 Å². The molecule has 1 aliphatic rings. The van der Waals surface area contributed by atoms with E-state index in [0.29, 0.717) is 18.7 Å². The van der Waals surface area contributed by atoms with Crippen LogP contribution in [0.1, 0.15) is 51.0 Å². The van der Waals surface area contributed by atoms with Crippen LogP contribution >= 0.6 is 31.9 Å². The predicted octanol–water partition coefficient (Wildman–Crippen LogP) is 9.19. The summed E-state index contributed by atoms with van der Waals surface area (Å²) < 4.78 is 13.0. The molecule has 2 heterocycles. The molecule has 2 atom stereocenters. The zero-order valence-electron chi connectivity index (χ0n) is 24.8. The number of imidazole rings is 1. The fraction of sp³-hybridized carbons (Fsp3) is 0.265. The maximum atomic E-state index is 14.1. The number of hydrogen-bond donors (Lipinski definition) is 2. The van der Waals surface area contributed by atoms with Crippen LogP contribution in [0, 0.1) is 0 Å². The van der Waals surface area contributed by atoms with Crippen molar-refractivity contribution in [2.45, 2.75) is 50.9 Å². The van der Waals surface area contributed by atoms with Gasteiger partial charge in [0, 0.05) is 14.5 Å². The molecule has 5 aromatic rings. The Hall–Kier alpha value is -3.89. The SMILES string of the molecule is COC(=O)NC1(c2ncc(-c3ccc4cc(Br)ccc4c3)[nH]2)CCC(c2ccc3cc(Br)ccc3c2)N1C(=O)OC(C)(C)C. The normalized spacial score (nSPS) is 18.5. The van der Waals surface area contributed by atoms with Crippen LogP contribution in [0.25, 0.3) is 32.8 Å². The molecule has 1 aromatic heterocycles. The van der Waals surface area contributed by atoms with E-state index in [-0.39, 0.29) is 0 Å². The number of fused-ring (bicyclic) bond motifs is 2. The molecular weight excluding hydrogens is 688 g/mol. The molecule has 0 spiro atoms. The Morgan fingerprint density at radius 2 is 1.55 bits per heavy atom. The Bertz CT molecular complexity index is 1900. The Labute approximate surface area is 272 Å². The van der Waals surface area contributed by atoms with Crippen molar-refractivity contribution in [1.82, 2.24) is 20.2 Å². The van der Waals surface area contributed by atoms with Crippen molar-refractivity contribution in [3.8, 4) is 11.3 Å². The first-order valence-electron chi connectivity index (χ1n) is 14.3. The highest BCUT2D eigenvalue weighted by Crippen LogP contribution is 2.48. The lowest BCUT2D eigenvalue weighted by Crippen LogP contribution is -2.58. The van der Waals surface area contributed by atoms with Crippen LogP contribution in [0.5, 0.6) is 0 Å². The Morgan fingerprint density at radius 1 is 0.932 bits per heavy atom. The van der Waals surface area contributed by atoms with Gasteiger partial charge in [-0.25, -0.2) is 14.6 Å². The van der Waals surface area contributed by atoms with Crippen molar-refractivity contribution in [1.29, 1.82) is 0 Å². The predicted molar refractivity (Wildman–Crippen MR) is 178 cm³/mol. The van der Waals surface area contributed by atoms with Gasteiger partial charge in [-0.05, 0) is 97.1 Å². The van der Waals surface area contributed by atoms with Gasteiger partial charge in [-0.15, -0.1) is 0 Å². The average Bonchev–Trinajstić information content (AvgIpc) is 3.62. The van der Waals surface area contributed by atoms with E-state index in [1.807, 2.05) is 57.2 Å². The molecule has 2 N–H and O–H groups in total. The molecule has 2 amide bonds. The Kier molecular flexibility index (Phi) is 7.92. The lowest BCUT2D eigenvalue weighted by molar-refractivity contribution is -0.0132. The van der Waals surface area contributed by atoms with Crippen LogP contribution < -0.4 is 5.32 Å². The van der Waals surface area contributed by atoms with E-state index in [0.717, 1.165) is 47.3 Å². The molecule has 4 aromatic carbocycles. The second-order valence-electron chi connectivity index (χ2n) is 12.0. The van der Waals surface area contributed by atoms with Crippen molar-refractivity contribution < 1.29 is 19.1 Å². The minimum absolute atomic E-state index is 0.378. The van der Waals surface area contributed by atoms with Gasteiger partial charge in [-0.1, -0.05) is 68.3 Å². The third kappa shape index (κ3) is 5.80. The number of carbonyl (C=O) groups excluding carboxylic acids is 2. The zero-order valence-corrected chi connectivity index (χ0v) is 28.0. The number of hydrogen-bond acceptors (Lipinski definition) is 5. The Balaban J connectivity index is 1.47. The highest BCUT2D eigenvalue weighted by atomic mass is 79.9. The molecule has 0 bridgehead atoms. The summed E-state index contributed by atoms with van der Waals surface area (Å²) in [4.78, 5) is 36.9. The van der Waals surface area contributed by atoms with Crippen LogP contribution in [-0.2, 0) is 15.1 Å². The van der Waals surface area contributed by atoms with Crippen molar-refractivity contribution in [3.05, 3.63) is 99.3 Å². The standard InChI is InChI=1S/C34H32Br2N4O4/c1-33(2,3)44-32(42)40-29(25-8-6-23-18-27(36)12-10-21(23)16-25)13-14-34(40,39-31(41)43-4)30-37-19-28(38-30)24-7-5-22-17-26(35)11-9-20(22)15-24/h5-12,15-19,29H,13-14H2,1-4H3,(H,37,38)(H,39,41). The molecule has 1 fully saturated rings. The molecule has 226 valence electrons. The second kappa shape index (κ2) is 11.6. The molecule has 0 radical (unpaired) electrons. The van der Waals surface area contributed by atoms with Gasteiger partial charge in [0.25, 0.3) is 0 Å². The first kappa shape index (κ1) is 30.1. The molecule has 44 heavy (non-hydrogen) atoms. The average molecular weight is 720 g/mol. The van der Waals surface area contributed by atoms with Gasteiger partial charge < -0.3 is 14.5 Å². The van der Waals surface area contributed by atoms with E-state index in [9.17, 15) is 9.59 Å². The second-order valence-corrected chi connectivity index (χ2v) is 13.8. The molecule has 6 rings (SSSR count). The Morgan fingerprint density at radius 3 is 2.20 bits per heavy atom. The van der Waals surface area contributed by atoms with Gasteiger partial charge >= 0.3 is 12.2 Å². The summed E-state index contributed by atoms with van der Waals surface area (Å²) in [6.45, 7) is 5.47. The number of carbonyl (C=O) groups is 2. The maximum Gasteiger partial charge on any atom is 0.413 e. The summed E-state index contributed by atoms with van der Waals surface area (Å²) in [5.41, 5.74) is 0.456. The third-order valence-corrected chi connectivity index (χ3v) is 8.87. The quantitative estimate of drug-likeness (QED) is 0.193. The van der Waals surface area contributed by atoms with Gasteiger partial charge in [0.2, 0.25) is 0 Å². The van der Waals surface area contributed by atoms with E-state index >= 15 is 0 Å². The number of aromatic nitrogens is 2. The lowest BCUT2D eigenvalue weighted by atomic mass is 10.0. The first-order chi connectivity index (χ1) is 21.0. The third-order valence-electron chi connectivity index (χ3n) is 7.88. The topological polar surface area (TPSA) is 96.5 Å². The molecule has 0 aliphatic carbocycles. The molecule has 0 saturated carbocycles. The van der Waals surface area contributed by atoms with E-state index in [4.69, 9.17) is 14.5 Å². The van der Waals surface area contributed by atoms with Crippen LogP contribution in [-0.4, -0.2) is 39.8 Å². The summed E-state index contributed by atoms with van der Waals surface area (Å²) >= 11 is 7.08. The number of H-pyrrole nitrogens is 1. The highest BCUT2D eigenvalue weighted by Gasteiger charge is 2.55. The van der Waals surface area contributed by atoms with Crippen molar-refractivity contribution >= 4 is 65.6 Å². The fourth-order valence-electron chi connectivity index (χ4n) is 5.91. The van der Waals surface area contributed by atoms with Gasteiger partial charge in [0.15, 0.2) is 11.5 Å². The van der Waals surface area contributed by atoms with Crippen LogP contribution in [0.2, 0.25) is 0 Å². The molecular formula is C34H32Br2N4O4. The van der Waals surface area contributed by atoms with Crippen LogP contribution in [0.3, 0.4) is 0 Å². The highest BCUT2D eigenvalue weighted by molar-refractivity contribution is 9.10. The smallest absolute Gasteiger partial charge is 0.413 e. The largest absolute Gasteiger partial charge is 0.453 e. The number of halogens is 2. The number of nitrogens with zero attached hydrogens (tertiary/aromatic N) is 2. The number of methoxy groups -OCH3 is 1. The van der Waals surface area contributed by atoms with Gasteiger partial charge in [0.05, 0.1) is 25.0 Å². The maximum absolute atomic E-state index is 14.1. The number of aromatic amines is 1. The molecule has 2 unspecified atom stereocenters. The monoisotopic (exact) mass is 718 g/mol. The van der Waals surface area contributed by atoms with Crippen molar-refractivity contribution in [2.24, 2.45) is 0 Å². The summed E-state index contributed by atoms with van der Waals surface area (Å²) in [7, 11) is 1.30. The minimum atomic E-state index is -1.37. The number of ether oxygens (including phenoxy) is 2. The number of alkyl carbamates (subject to hydrolysis) is 1. The summed E-state index contributed by atoms with van der Waals surface area (Å²) in [6, 6.07) is 24.1. The first-order valence-corrected chi connectivity index (χ1v) is 15.9. The zero-order chi connectivity index (χ0) is 31.2. The summed E-state index contributed by atoms with van der Waals surface area (Å²) in [6.07, 6.45) is 1.40.